The molecule has 0 aromatic carbocycles. The Kier molecular flexibility index (Phi) is 4.68. The third-order valence-corrected chi connectivity index (χ3v) is 5.06. The summed E-state index contributed by atoms with van der Waals surface area (Å²) in [6.45, 7) is 1.37. The molecule has 25 heavy (non-hydrogen) atoms. The highest BCUT2D eigenvalue weighted by molar-refractivity contribution is 5.94. The number of nitrogens with zero attached hydrogens (tertiary/aromatic N) is 3. The Hall–Kier alpha value is -1.80. The second-order valence-electron chi connectivity index (χ2n) is 7.20. The second-order valence-corrected chi connectivity index (χ2v) is 7.20. The highest BCUT2D eigenvalue weighted by Crippen LogP contribution is 2.30. The van der Waals surface area contributed by atoms with E-state index in [1.807, 2.05) is 4.90 Å². The van der Waals surface area contributed by atoms with Gasteiger partial charge in [-0.05, 0) is 12.5 Å². The van der Waals surface area contributed by atoms with Crippen LogP contribution in [0.5, 0.6) is 0 Å². The number of hydrogen-bond acceptors (Lipinski definition) is 4. The summed E-state index contributed by atoms with van der Waals surface area (Å²) in [6, 6.07) is 2.82. The number of carbonyl (C=O) groups excluding carboxylic acids is 1. The molecular weight excluding hydrogens is 332 g/mol. The summed E-state index contributed by atoms with van der Waals surface area (Å²) in [7, 11) is 1.57. The van der Waals surface area contributed by atoms with Crippen LogP contribution in [0.1, 0.15) is 29.6 Å². The van der Waals surface area contributed by atoms with Crippen molar-refractivity contribution in [2.45, 2.75) is 30.8 Å². The van der Waals surface area contributed by atoms with Crippen LogP contribution in [-0.4, -0.2) is 69.6 Å². The SMILES string of the molecule is Cn1cc(C(=O)N2CCC(O)(CN3CCC(F)(F)CC3)C2)ccc1=O. The van der Waals surface area contributed by atoms with Gasteiger partial charge in [-0.15, -0.1) is 0 Å². The topological polar surface area (TPSA) is 65.8 Å². The Morgan fingerprint density at radius 2 is 1.88 bits per heavy atom. The van der Waals surface area contributed by atoms with E-state index in [0.717, 1.165) is 0 Å². The largest absolute Gasteiger partial charge is 0.387 e. The Balaban J connectivity index is 1.61. The van der Waals surface area contributed by atoms with Crippen molar-refractivity contribution >= 4 is 5.91 Å². The molecule has 0 bridgehead atoms. The number of piperidine rings is 1. The number of aliphatic hydroxyl groups is 1. The first-order valence-corrected chi connectivity index (χ1v) is 8.46. The molecule has 2 saturated heterocycles. The van der Waals surface area contributed by atoms with E-state index in [4.69, 9.17) is 0 Å². The predicted molar refractivity (Wildman–Crippen MR) is 87.8 cm³/mol. The van der Waals surface area contributed by atoms with Gasteiger partial charge in [0.15, 0.2) is 0 Å². The summed E-state index contributed by atoms with van der Waals surface area (Å²) in [5.74, 6) is -2.85. The van der Waals surface area contributed by atoms with Gasteiger partial charge in [-0.3, -0.25) is 14.5 Å². The molecule has 6 nitrogen and oxygen atoms in total. The molecular formula is C17H23F2N3O3. The van der Waals surface area contributed by atoms with Gasteiger partial charge in [-0.1, -0.05) is 0 Å². The summed E-state index contributed by atoms with van der Waals surface area (Å²) < 4.78 is 27.8. The van der Waals surface area contributed by atoms with Crippen LogP contribution in [-0.2, 0) is 7.05 Å². The van der Waals surface area contributed by atoms with E-state index in [1.165, 1.54) is 22.9 Å². The van der Waals surface area contributed by atoms with Crippen LogP contribution in [0.4, 0.5) is 8.78 Å². The van der Waals surface area contributed by atoms with Crippen molar-refractivity contribution < 1.29 is 18.7 Å². The number of amides is 1. The number of rotatable bonds is 3. The molecule has 2 fully saturated rings. The lowest BCUT2D eigenvalue weighted by molar-refractivity contribution is -0.0720. The fraction of sp³-hybridized carbons (Fsp3) is 0.647. The first-order valence-electron chi connectivity index (χ1n) is 8.46. The van der Waals surface area contributed by atoms with Crippen molar-refractivity contribution in [1.29, 1.82) is 0 Å². The van der Waals surface area contributed by atoms with Gasteiger partial charge in [0.05, 0.1) is 17.7 Å². The Morgan fingerprint density at radius 3 is 2.52 bits per heavy atom. The molecule has 1 unspecified atom stereocenters. The minimum absolute atomic E-state index is 0.168. The number of alkyl halides is 2. The summed E-state index contributed by atoms with van der Waals surface area (Å²) >= 11 is 0. The number of likely N-dealkylation sites (tertiary alicyclic amines) is 2. The molecule has 8 heteroatoms. The van der Waals surface area contributed by atoms with E-state index in [0.29, 0.717) is 25.1 Å². The lowest BCUT2D eigenvalue weighted by Gasteiger charge is -2.36. The van der Waals surface area contributed by atoms with E-state index < -0.39 is 11.5 Å². The van der Waals surface area contributed by atoms with Gasteiger partial charge in [0.2, 0.25) is 5.56 Å². The number of pyridine rings is 1. The Morgan fingerprint density at radius 1 is 1.20 bits per heavy atom. The molecule has 1 aromatic rings. The monoisotopic (exact) mass is 355 g/mol. The average Bonchev–Trinajstić information content (AvgIpc) is 2.94. The van der Waals surface area contributed by atoms with Crippen LogP contribution in [0.25, 0.3) is 0 Å². The molecule has 0 saturated carbocycles. The van der Waals surface area contributed by atoms with Crippen molar-refractivity contribution in [2.75, 3.05) is 32.7 Å². The zero-order valence-corrected chi connectivity index (χ0v) is 14.3. The van der Waals surface area contributed by atoms with Gasteiger partial charge in [0.25, 0.3) is 11.8 Å². The van der Waals surface area contributed by atoms with Crippen molar-refractivity contribution in [2.24, 2.45) is 7.05 Å². The molecule has 0 aliphatic carbocycles. The number of halogens is 2. The maximum Gasteiger partial charge on any atom is 0.255 e. The molecule has 138 valence electrons. The van der Waals surface area contributed by atoms with Crippen LogP contribution >= 0.6 is 0 Å². The maximum atomic E-state index is 13.2. The second kappa shape index (κ2) is 6.49. The summed E-state index contributed by atoms with van der Waals surface area (Å²) in [5.41, 5.74) is -0.886. The van der Waals surface area contributed by atoms with Crippen LogP contribution < -0.4 is 5.56 Å². The number of hydrogen-bond donors (Lipinski definition) is 1. The normalized spacial score (nSPS) is 26.8. The van der Waals surface area contributed by atoms with Crippen molar-refractivity contribution in [3.05, 3.63) is 34.2 Å². The molecule has 1 amide bonds. The van der Waals surface area contributed by atoms with Crippen LogP contribution in [0.15, 0.2) is 23.1 Å². The van der Waals surface area contributed by atoms with E-state index in [-0.39, 0.29) is 43.9 Å². The third-order valence-electron chi connectivity index (χ3n) is 5.06. The van der Waals surface area contributed by atoms with Gasteiger partial charge in [0.1, 0.15) is 0 Å². The molecule has 2 aliphatic rings. The summed E-state index contributed by atoms with van der Waals surface area (Å²) in [6.07, 6.45) is 1.51. The predicted octanol–water partition coefficient (Wildman–Crippen LogP) is 0.693. The number of aryl methyl sites for hydroxylation is 1. The number of aromatic nitrogens is 1. The minimum atomic E-state index is -2.61. The third kappa shape index (κ3) is 4.07. The van der Waals surface area contributed by atoms with E-state index in [1.54, 1.807) is 11.9 Å². The van der Waals surface area contributed by atoms with Gasteiger partial charge in [0, 0.05) is 58.3 Å². The highest BCUT2D eigenvalue weighted by atomic mass is 19.3. The van der Waals surface area contributed by atoms with E-state index in [2.05, 4.69) is 0 Å². The quantitative estimate of drug-likeness (QED) is 0.867. The summed E-state index contributed by atoms with van der Waals surface area (Å²) in [5, 5.41) is 10.8. The van der Waals surface area contributed by atoms with Gasteiger partial charge in [-0.25, -0.2) is 8.78 Å². The smallest absolute Gasteiger partial charge is 0.255 e. The van der Waals surface area contributed by atoms with Crippen LogP contribution in [0, 0.1) is 0 Å². The molecule has 3 heterocycles. The first-order chi connectivity index (χ1) is 11.7. The van der Waals surface area contributed by atoms with Gasteiger partial charge < -0.3 is 14.6 Å². The van der Waals surface area contributed by atoms with Crippen molar-refractivity contribution in [3.8, 4) is 0 Å². The molecule has 1 aromatic heterocycles. The molecule has 0 radical (unpaired) electrons. The highest BCUT2D eigenvalue weighted by Gasteiger charge is 2.42. The zero-order valence-electron chi connectivity index (χ0n) is 14.3. The fourth-order valence-corrected chi connectivity index (χ4v) is 3.52. The Labute approximate surface area is 144 Å². The minimum Gasteiger partial charge on any atom is -0.387 e. The average molecular weight is 355 g/mol. The first kappa shape index (κ1) is 18.0. The lowest BCUT2D eigenvalue weighted by atomic mass is 10.00. The molecule has 3 rings (SSSR count). The van der Waals surface area contributed by atoms with Crippen molar-refractivity contribution in [1.82, 2.24) is 14.4 Å². The molecule has 1 atom stereocenters. The van der Waals surface area contributed by atoms with Gasteiger partial charge in [-0.2, -0.15) is 0 Å². The number of β-amino-alcohol motifs (C(OH)–C–C–N with tert-alkyl or cyclic N) is 1. The standard InChI is InChI=1S/C17H23F2N3O3/c1-20-10-13(2-3-14(20)23)15(24)22-9-4-16(25,12-22)11-21-7-5-17(18,19)6-8-21/h2-3,10,25H,4-9,11-12H2,1H3. The van der Waals surface area contributed by atoms with Crippen LogP contribution in [0.2, 0.25) is 0 Å². The Bertz CT molecular complexity index is 711. The molecule has 0 spiro atoms. The van der Waals surface area contributed by atoms with E-state index >= 15 is 0 Å². The number of carbonyl (C=O) groups is 1. The van der Waals surface area contributed by atoms with E-state index in [9.17, 15) is 23.5 Å². The zero-order chi connectivity index (χ0) is 18.2. The van der Waals surface area contributed by atoms with Crippen LogP contribution in [0.3, 0.4) is 0 Å². The van der Waals surface area contributed by atoms with Crippen molar-refractivity contribution in [3.63, 3.8) is 0 Å². The van der Waals surface area contributed by atoms with Gasteiger partial charge >= 0.3 is 0 Å². The lowest BCUT2D eigenvalue weighted by Crippen LogP contribution is -2.49. The molecule has 1 N–H and O–H groups in total. The summed E-state index contributed by atoms with van der Waals surface area (Å²) in [4.78, 5) is 27.4. The fourth-order valence-electron chi connectivity index (χ4n) is 3.52. The maximum absolute atomic E-state index is 13.2. The molecule has 2 aliphatic heterocycles.